The number of rotatable bonds is 4. The number of anilines is 2. The summed E-state index contributed by atoms with van der Waals surface area (Å²) < 4.78 is 0. The highest BCUT2D eigenvalue weighted by Crippen LogP contribution is 2.16. The molecular weight excluding hydrogens is 200 g/mol. The zero-order chi connectivity index (χ0) is 12.1. The van der Waals surface area contributed by atoms with Gasteiger partial charge < -0.3 is 10.2 Å². The van der Waals surface area contributed by atoms with Crippen molar-refractivity contribution >= 4 is 17.2 Å². The van der Waals surface area contributed by atoms with Crippen molar-refractivity contribution in [2.24, 2.45) is 0 Å². The van der Waals surface area contributed by atoms with Gasteiger partial charge in [-0.25, -0.2) is 0 Å². The number of hydrogen-bond donors (Lipinski definition) is 1. The lowest BCUT2D eigenvalue weighted by Crippen LogP contribution is -2.08. The van der Waals surface area contributed by atoms with E-state index in [1.807, 2.05) is 50.2 Å². The van der Waals surface area contributed by atoms with E-state index in [-0.39, 0.29) is 5.78 Å². The number of carbonyl (C=O) groups is 1. The van der Waals surface area contributed by atoms with Crippen molar-refractivity contribution in [3.8, 4) is 0 Å². The zero-order valence-electron chi connectivity index (χ0n) is 10.2. The number of hydrogen-bond acceptors (Lipinski definition) is 3. The van der Waals surface area contributed by atoms with Gasteiger partial charge in [0.1, 0.15) is 0 Å². The standard InChI is InChI=1S/C13H18N2O/c1-10(9-11(2)16)14-12-5-7-13(8-6-12)15(3)4/h5-9,14H,1-4H3/b10-9-. The fourth-order valence-corrected chi connectivity index (χ4v) is 1.41. The van der Waals surface area contributed by atoms with Crippen LogP contribution in [0.1, 0.15) is 13.8 Å². The molecule has 0 radical (unpaired) electrons. The fourth-order valence-electron chi connectivity index (χ4n) is 1.41. The summed E-state index contributed by atoms with van der Waals surface area (Å²) in [6, 6.07) is 8.05. The number of ketones is 1. The summed E-state index contributed by atoms with van der Waals surface area (Å²) in [7, 11) is 4.01. The maximum absolute atomic E-state index is 10.9. The minimum absolute atomic E-state index is 0.0508. The molecule has 1 rings (SSSR count). The van der Waals surface area contributed by atoms with Gasteiger partial charge in [0, 0.05) is 31.2 Å². The SMILES string of the molecule is CC(=O)/C=C(/C)Nc1ccc(N(C)C)cc1. The van der Waals surface area contributed by atoms with Crippen molar-refractivity contribution < 1.29 is 4.79 Å². The quantitative estimate of drug-likeness (QED) is 0.788. The van der Waals surface area contributed by atoms with Gasteiger partial charge in [-0.15, -0.1) is 0 Å². The third kappa shape index (κ3) is 3.77. The van der Waals surface area contributed by atoms with Gasteiger partial charge in [0.05, 0.1) is 0 Å². The summed E-state index contributed by atoms with van der Waals surface area (Å²) in [6.07, 6.45) is 1.58. The lowest BCUT2D eigenvalue weighted by Gasteiger charge is -2.13. The number of allylic oxidation sites excluding steroid dienone is 2. The van der Waals surface area contributed by atoms with Crippen LogP contribution in [0.5, 0.6) is 0 Å². The summed E-state index contributed by atoms with van der Waals surface area (Å²) in [4.78, 5) is 12.9. The summed E-state index contributed by atoms with van der Waals surface area (Å²) in [5.74, 6) is 0.0508. The molecule has 0 unspecified atom stereocenters. The Labute approximate surface area is 96.8 Å². The van der Waals surface area contributed by atoms with Gasteiger partial charge in [-0.1, -0.05) is 0 Å². The molecule has 3 heteroatoms. The number of nitrogens with zero attached hydrogens (tertiary/aromatic N) is 1. The van der Waals surface area contributed by atoms with Crippen LogP contribution in [-0.2, 0) is 4.79 Å². The molecular formula is C13H18N2O. The largest absolute Gasteiger partial charge is 0.378 e. The van der Waals surface area contributed by atoms with Crippen LogP contribution in [0, 0.1) is 0 Å². The van der Waals surface area contributed by atoms with Gasteiger partial charge in [0.15, 0.2) is 5.78 Å². The van der Waals surface area contributed by atoms with E-state index in [0.717, 1.165) is 17.1 Å². The summed E-state index contributed by atoms with van der Waals surface area (Å²) in [6.45, 7) is 3.42. The summed E-state index contributed by atoms with van der Waals surface area (Å²) in [5.41, 5.74) is 2.99. The van der Waals surface area contributed by atoms with Crippen molar-refractivity contribution in [2.45, 2.75) is 13.8 Å². The molecule has 0 saturated carbocycles. The van der Waals surface area contributed by atoms with Crippen LogP contribution < -0.4 is 10.2 Å². The average molecular weight is 218 g/mol. The topological polar surface area (TPSA) is 32.3 Å². The van der Waals surface area contributed by atoms with Crippen LogP contribution in [0.25, 0.3) is 0 Å². The Balaban J connectivity index is 2.72. The van der Waals surface area contributed by atoms with Gasteiger partial charge in [0.2, 0.25) is 0 Å². The maximum atomic E-state index is 10.9. The van der Waals surface area contributed by atoms with E-state index in [9.17, 15) is 4.79 Å². The molecule has 0 bridgehead atoms. The van der Waals surface area contributed by atoms with Crippen LogP contribution in [-0.4, -0.2) is 19.9 Å². The van der Waals surface area contributed by atoms with Gasteiger partial charge in [-0.05, 0) is 44.2 Å². The number of nitrogens with one attached hydrogen (secondary N) is 1. The van der Waals surface area contributed by atoms with Crippen molar-refractivity contribution in [2.75, 3.05) is 24.3 Å². The molecule has 1 aromatic carbocycles. The maximum Gasteiger partial charge on any atom is 0.154 e. The molecule has 0 aliphatic carbocycles. The molecule has 0 spiro atoms. The molecule has 0 aromatic heterocycles. The fraction of sp³-hybridized carbons (Fsp3) is 0.308. The van der Waals surface area contributed by atoms with E-state index in [2.05, 4.69) is 5.32 Å². The Kier molecular flexibility index (Phi) is 4.11. The van der Waals surface area contributed by atoms with E-state index in [1.165, 1.54) is 0 Å². The van der Waals surface area contributed by atoms with Crippen LogP contribution in [0.4, 0.5) is 11.4 Å². The third-order valence-corrected chi connectivity index (χ3v) is 2.14. The van der Waals surface area contributed by atoms with Crippen molar-refractivity contribution in [3.05, 3.63) is 36.0 Å². The highest BCUT2D eigenvalue weighted by atomic mass is 16.1. The summed E-state index contributed by atoms with van der Waals surface area (Å²) >= 11 is 0. The van der Waals surface area contributed by atoms with Crippen LogP contribution >= 0.6 is 0 Å². The molecule has 0 aliphatic heterocycles. The van der Waals surface area contributed by atoms with Crippen LogP contribution in [0.15, 0.2) is 36.0 Å². The molecule has 0 atom stereocenters. The first-order valence-electron chi connectivity index (χ1n) is 5.22. The molecule has 1 aromatic rings. The molecule has 86 valence electrons. The van der Waals surface area contributed by atoms with E-state index in [0.29, 0.717) is 0 Å². The van der Waals surface area contributed by atoms with Gasteiger partial charge in [-0.2, -0.15) is 0 Å². The Morgan fingerprint density at radius 1 is 1.19 bits per heavy atom. The van der Waals surface area contributed by atoms with Gasteiger partial charge >= 0.3 is 0 Å². The highest BCUT2D eigenvalue weighted by molar-refractivity contribution is 5.88. The lowest BCUT2D eigenvalue weighted by atomic mass is 10.2. The van der Waals surface area contributed by atoms with Crippen molar-refractivity contribution in [3.63, 3.8) is 0 Å². The Morgan fingerprint density at radius 3 is 2.19 bits per heavy atom. The first-order chi connectivity index (χ1) is 7.49. The van der Waals surface area contributed by atoms with Crippen molar-refractivity contribution in [1.82, 2.24) is 0 Å². The average Bonchev–Trinajstić information content (AvgIpc) is 2.16. The minimum Gasteiger partial charge on any atom is -0.378 e. The smallest absolute Gasteiger partial charge is 0.154 e. The van der Waals surface area contributed by atoms with E-state index >= 15 is 0 Å². The van der Waals surface area contributed by atoms with E-state index < -0.39 is 0 Å². The third-order valence-electron chi connectivity index (χ3n) is 2.14. The predicted molar refractivity (Wildman–Crippen MR) is 68.8 cm³/mol. The molecule has 3 nitrogen and oxygen atoms in total. The Bertz CT molecular complexity index is 391. The molecule has 0 saturated heterocycles. The summed E-state index contributed by atoms with van der Waals surface area (Å²) in [5, 5.41) is 3.16. The normalized spacial score (nSPS) is 11.1. The molecule has 0 aliphatic rings. The number of carbonyl (C=O) groups excluding carboxylic acids is 1. The van der Waals surface area contributed by atoms with Gasteiger partial charge in [0.25, 0.3) is 0 Å². The molecule has 0 amide bonds. The monoisotopic (exact) mass is 218 g/mol. The number of benzene rings is 1. The van der Waals surface area contributed by atoms with Gasteiger partial charge in [-0.3, -0.25) is 4.79 Å². The second-order valence-electron chi connectivity index (χ2n) is 4.00. The predicted octanol–water partition coefficient (Wildman–Crippen LogP) is 2.66. The minimum atomic E-state index is 0.0508. The second-order valence-corrected chi connectivity index (χ2v) is 4.00. The highest BCUT2D eigenvalue weighted by Gasteiger charge is 1.97. The van der Waals surface area contributed by atoms with Crippen LogP contribution in [0.2, 0.25) is 0 Å². The van der Waals surface area contributed by atoms with Crippen LogP contribution in [0.3, 0.4) is 0 Å². The molecule has 16 heavy (non-hydrogen) atoms. The zero-order valence-corrected chi connectivity index (χ0v) is 10.2. The first-order valence-corrected chi connectivity index (χ1v) is 5.22. The Hall–Kier alpha value is -1.77. The Morgan fingerprint density at radius 2 is 1.75 bits per heavy atom. The van der Waals surface area contributed by atoms with Crippen molar-refractivity contribution in [1.29, 1.82) is 0 Å². The van der Waals surface area contributed by atoms with E-state index in [4.69, 9.17) is 0 Å². The molecule has 1 N–H and O–H groups in total. The second kappa shape index (κ2) is 5.35. The first kappa shape index (κ1) is 12.3. The lowest BCUT2D eigenvalue weighted by molar-refractivity contribution is -0.112. The molecule has 0 fully saturated rings. The van der Waals surface area contributed by atoms with E-state index in [1.54, 1.807) is 13.0 Å². The molecule has 0 heterocycles.